The van der Waals surface area contributed by atoms with Gasteiger partial charge in [0.05, 0.1) is 5.57 Å². The number of nitrogens with two attached hydrogens (primary N) is 1. The van der Waals surface area contributed by atoms with Gasteiger partial charge in [-0.1, -0.05) is 38.8 Å². The predicted octanol–water partition coefficient (Wildman–Crippen LogP) is 4.28. The third kappa shape index (κ3) is 13.0. The quantitative estimate of drug-likeness (QED) is 0.219. The fourth-order valence-electron chi connectivity index (χ4n) is 3.71. The molecule has 1 aromatic rings. The number of benzene rings is 1. The van der Waals surface area contributed by atoms with Crippen LogP contribution in [-0.2, 0) is 16.1 Å². The van der Waals surface area contributed by atoms with Crippen molar-refractivity contribution in [2.75, 3.05) is 34.2 Å². The van der Waals surface area contributed by atoms with Crippen LogP contribution in [-0.4, -0.2) is 57.6 Å². The number of carbonyl (C=O) groups excluding carboxylic acids is 2. The average Bonchev–Trinajstić information content (AvgIpc) is 3.71. The van der Waals surface area contributed by atoms with Gasteiger partial charge in [-0.15, -0.1) is 6.42 Å². The summed E-state index contributed by atoms with van der Waals surface area (Å²) in [4.78, 5) is 22.6. The molecule has 1 aromatic carbocycles. The normalized spacial score (nSPS) is 22.1. The highest BCUT2D eigenvalue weighted by Gasteiger charge is 2.53. The van der Waals surface area contributed by atoms with Crippen molar-refractivity contribution >= 4 is 12.6 Å². The molecule has 4 N–H and O–H groups in total. The lowest BCUT2D eigenvalue weighted by molar-refractivity contribution is -0.104. The summed E-state index contributed by atoms with van der Waals surface area (Å²) in [5.74, 6) is 2.27. The highest BCUT2D eigenvalue weighted by atomic mass is 19.3. The summed E-state index contributed by atoms with van der Waals surface area (Å²) in [5, 5.41) is 5.74. The lowest BCUT2D eigenvalue weighted by atomic mass is 10.0. The van der Waals surface area contributed by atoms with Gasteiger partial charge in [0.25, 0.3) is 5.92 Å². The van der Waals surface area contributed by atoms with E-state index in [2.05, 4.69) is 41.5 Å². The van der Waals surface area contributed by atoms with Gasteiger partial charge in [0.2, 0.25) is 0 Å². The standard InChI is InChI=1S/C11H13N.C7H10N2O2.C6H11N.C4H6F2.C2H6/c1-4-10-6-5-7-11(8-12-3)9(10)2;1-9-4-6(5-11)7(8)2-3-10;1-7-3-5-2-6(5)4-7;1-3-2-4(3,5)6;1-2/h1,5-7,12H,8H2,2-3H3;2-5,9H,8H2,1H3;5-6H,2-4H2,1H3;3H,2H2,1H3;1-2H3/b;6-4-,7-2+;;;. The molecule has 3 unspecified atom stereocenters. The molecule has 1 heterocycles. The van der Waals surface area contributed by atoms with Crippen LogP contribution in [0.4, 0.5) is 8.78 Å². The molecule has 8 heteroatoms. The van der Waals surface area contributed by atoms with Crippen molar-refractivity contribution in [2.45, 2.75) is 53.0 Å². The number of nitrogens with zero attached hydrogens (tertiary/aromatic N) is 1. The summed E-state index contributed by atoms with van der Waals surface area (Å²) in [6.45, 7) is 11.2. The number of aldehydes is 2. The number of carbonyl (C=O) groups is 2. The number of halogens is 2. The van der Waals surface area contributed by atoms with Gasteiger partial charge in [-0.25, -0.2) is 8.78 Å². The van der Waals surface area contributed by atoms with Crippen molar-refractivity contribution in [2.24, 2.45) is 23.5 Å². The van der Waals surface area contributed by atoms with E-state index >= 15 is 0 Å². The van der Waals surface area contributed by atoms with E-state index in [9.17, 15) is 18.4 Å². The minimum absolute atomic E-state index is 0.104. The average molecular weight is 533 g/mol. The van der Waals surface area contributed by atoms with E-state index < -0.39 is 5.92 Å². The molecular weight excluding hydrogens is 486 g/mol. The van der Waals surface area contributed by atoms with Crippen LogP contribution in [0.3, 0.4) is 0 Å². The van der Waals surface area contributed by atoms with Crippen molar-refractivity contribution < 1.29 is 18.4 Å². The molecule has 2 saturated carbocycles. The van der Waals surface area contributed by atoms with Crippen LogP contribution in [0.2, 0.25) is 0 Å². The van der Waals surface area contributed by atoms with Gasteiger partial charge >= 0.3 is 0 Å². The minimum Gasteiger partial charge on any atom is -0.398 e. The lowest BCUT2D eigenvalue weighted by Crippen LogP contribution is -2.15. The smallest absolute Gasteiger partial charge is 0.251 e. The summed E-state index contributed by atoms with van der Waals surface area (Å²) >= 11 is 0. The van der Waals surface area contributed by atoms with Crippen molar-refractivity contribution in [1.82, 2.24) is 15.5 Å². The number of rotatable bonds is 6. The summed E-state index contributed by atoms with van der Waals surface area (Å²) < 4.78 is 23.1. The van der Waals surface area contributed by atoms with Gasteiger partial charge in [0, 0.05) is 62.6 Å². The second kappa shape index (κ2) is 18.3. The summed E-state index contributed by atoms with van der Waals surface area (Å²) in [7, 11) is 5.78. The minimum atomic E-state index is -2.29. The zero-order valence-electron chi connectivity index (χ0n) is 24.0. The van der Waals surface area contributed by atoms with Gasteiger partial charge in [-0.3, -0.25) is 9.59 Å². The van der Waals surface area contributed by atoms with E-state index in [0.717, 1.165) is 30.0 Å². The number of allylic oxidation sites excluding steroid dienone is 2. The molecule has 0 aromatic heterocycles. The van der Waals surface area contributed by atoms with E-state index in [1.54, 1.807) is 14.0 Å². The maximum Gasteiger partial charge on any atom is 0.251 e. The Morgan fingerprint density at radius 2 is 1.79 bits per heavy atom. The monoisotopic (exact) mass is 532 g/mol. The molecule has 4 rings (SSSR count). The Bertz CT molecular complexity index is 959. The third-order valence-electron chi connectivity index (χ3n) is 6.28. The van der Waals surface area contributed by atoms with Crippen LogP contribution in [0.25, 0.3) is 0 Å². The third-order valence-corrected chi connectivity index (χ3v) is 6.28. The predicted molar refractivity (Wildman–Crippen MR) is 153 cm³/mol. The molecule has 38 heavy (non-hydrogen) atoms. The van der Waals surface area contributed by atoms with E-state index in [1.807, 2.05) is 33.0 Å². The van der Waals surface area contributed by atoms with Crippen LogP contribution in [0.5, 0.6) is 0 Å². The molecule has 6 nitrogen and oxygen atoms in total. The van der Waals surface area contributed by atoms with Crippen LogP contribution in [0, 0.1) is 37.0 Å². The lowest BCUT2D eigenvalue weighted by Gasteiger charge is -2.06. The van der Waals surface area contributed by atoms with Crippen molar-refractivity contribution in [1.29, 1.82) is 0 Å². The molecule has 0 spiro atoms. The van der Waals surface area contributed by atoms with Gasteiger partial charge in [0.15, 0.2) is 6.29 Å². The summed E-state index contributed by atoms with van der Waals surface area (Å²) in [5.41, 5.74) is 9.20. The number of piperidine rings is 1. The first-order valence-electron chi connectivity index (χ1n) is 13.0. The second-order valence-corrected chi connectivity index (χ2v) is 9.37. The maximum absolute atomic E-state index is 11.5. The number of fused-ring (bicyclic) bond motifs is 1. The van der Waals surface area contributed by atoms with Gasteiger partial charge in [-0.05, 0) is 56.5 Å². The highest BCUT2D eigenvalue weighted by Crippen LogP contribution is 2.47. The Morgan fingerprint density at radius 3 is 2.13 bits per heavy atom. The molecule has 1 saturated heterocycles. The van der Waals surface area contributed by atoms with Crippen LogP contribution in [0.15, 0.2) is 41.7 Å². The molecule has 3 aliphatic rings. The van der Waals surface area contributed by atoms with E-state index in [-0.39, 0.29) is 23.6 Å². The first-order chi connectivity index (χ1) is 18.0. The molecule has 0 radical (unpaired) electrons. The molecule has 2 aliphatic carbocycles. The Hall–Kier alpha value is -3.02. The molecule has 1 aliphatic heterocycles. The SMILES string of the molecule is C#Cc1cccc(CNC)c1C.CC.CC1CC1(F)F.CN/C=C(C=O)\C(N)=C/C=O.CN1CC2CC2C1. The molecular formula is C30H46F2N4O2. The molecule has 0 amide bonds. The van der Waals surface area contributed by atoms with Gasteiger partial charge < -0.3 is 21.3 Å². The van der Waals surface area contributed by atoms with Crippen LogP contribution < -0.4 is 16.4 Å². The highest BCUT2D eigenvalue weighted by molar-refractivity contribution is 5.82. The van der Waals surface area contributed by atoms with E-state index in [0.29, 0.717) is 12.6 Å². The Kier molecular flexibility index (Phi) is 16.8. The Morgan fingerprint density at radius 1 is 1.24 bits per heavy atom. The number of likely N-dealkylation sites (tertiary alicyclic amines) is 1. The van der Waals surface area contributed by atoms with Crippen LogP contribution >= 0.6 is 0 Å². The van der Waals surface area contributed by atoms with Crippen molar-refractivity contribution in [3.05, 3.63) is 58.4 Å². The Labute approximate surface area is 228 Å². The van der Waals surface area contributed by atoms with Crippen molar-refractivity contribution in [3.8, 4) is 12.3 Å². The van der Waals surface area contributed by atoms with E-state index in [4.69, 9.17) is 12.2 Å². The zero-order valence-corrected chi connectivity index (χ0v) is 24.0. The molecule has 3 fully saturated rings. The number of hydrogen-bond acceptors (Lipinski definition) is 6. The van der Waals surface area contributed by atoms with E-state index in [1.165, 1.54) is 36.8 Å². The van der Waals surface area contributed by atoms with Gasteiger partial charge in [0.1, 0.15) is 6.29 Å². The summed E-state index contributed by atoms with van der Waals surface area (Å²) in [6.07, 6.45) is 10.6. The number of terminal acetylenes is 1. The van der Waals surface area contributed by atoms with Gasteiger partial charge in [-0.2, -0.15) is 0 Å². The molecule has 3 atom stereocenters. The number of alkyl halides is 2. The fourth-order valence-corrected chi connectivity index (χ4v) is 3.71. The largest absolute Gasteiger partial charge is 0.398 e. The first kappa shape index (κ1) is 35.0. The topological polar surface area (TPSA) is 87.5 Å². The first-order valence-corrected chi connectivity index (χ1v) is 13.0. The molecule has 212 valence electrons. The number of hydrogen-bond donors (Lipinski definition) is 3. The molecule has 0 bridgehead atoms. The van der Waals surface area contributed by atoms with Crippen molar-refractivity contribution in [3.63, 3.8) is 0 Å². The summed E-state index contributed by atoms with van der Waals surface area (Å²) in [6, 6.07) is 6.05. The zero-order chi connectivity index (χ0) is 29.3. The Balaban J connectivity index is 0.000000483. The maximum atomic E-state index is 11.5. The fraction of sp³-hybridized carbons (Fsp3) is 0.533. The van der Waals surface area contributed by atoms with Crippen LogP contribution in [0.1, 0.15) is 50.3 Å². The second-order valence-electron chi connectivity index (χ2n) is 9.37. The number of nitrogens with one attached hydrogen (secondary N) is 2.